The van der Waals surface area contributed by atoms with Crippen molar-refractivity contribution >= 4 is 23.8 Å². The Bertz CT molecular complexity index is 731. The van der Waals surface area contributed by atoms with Crippen molar-refractivity contribution in [2.24, 2.45) is 0 Å². The lowest BCUT2D eigenvalue weighted by Gasteiger charge is -2.22. The summed E-state index contributed by atoms with van der Waals surface area (Å²) in [6.07, 6.45) is 2.45. The van der Waals surface area contributed by atoms with Crippen molar-refractivity contribution < 1.29 is 29.4 Å². The predicted octanol–water partition coefficient (Wildman–Crippen LogP) is 0.923. The van der Waals surface area contributed by atoms with Crippen molar-refractivity contribution in [3.8, 4) is 0 Å². The maximum atomic E-state index is 12.5. The highest BCUT2D eigenvalue weighted by Gasteiger charge is 2.34. The first-order valence-electron chi connectivity index (χ1n) is 9.49. The second-order valence-electron chi connectivity index (χ2n) is 7.34. The molecule has 0 bridgehead atoms. The summed E-state index contributed by atoms with van der Waals surface area (Å²) in [6, 6.07) is 5.53. The van der Waals surface area contributed by atoms with E-state index in [0.29, 0.717) is 49.9 Å². The van der Waals surface area contributed by atoms with Crippen molar-refractivity contribution in [2.45, 2.75) is 50.6 Å². The van der Waals surface area contributed by atoms with Gasteiger partial charge in [-0.25, -0.2) is 9.59 Å². The number of carboxylic acids is 2. The van der Waals surface area contributed by atoms with E-state index in [9.17, 15) is 29.4 Å². The Balaban J connectivity index is 1.64. The summed E-state index contributed by atoms with van der Waals surface area (Å²) in [5.41, 5.74) is 1.42. The lowest BCUT2D eigenvalue weighted by atomic mass is 10.0. The molecule has 2 N–H and O–H groups in total. The Hall–Kier alpha value is -2.90. The molecule has 0 spiro atoms. The molecule has 1 aromatic carbocycles. The highest BCUT2D eigenvalue weighted by molar-refractivity contribution is 5.86. The number of nitrogens with zero attached hydrogens (tertiary/aromatic N) is 2. The number of rotatable bonds is 6. The van der Waals surface area contributed by atoms with Crippen LogP contribution in [-0.4, -0.2) is 68.9 Å². The number of amides is 2. The second kappa shape index (κ2) is 8.41. The van der Waals surface area contributed by atoms with Crippen molar-refractivity contribution in [2.75, 3.05) is 13.1 Å². The van der Waals surface area contributed by atoms with Gasteiger partial charge in [-0.05, 0) is 36.8 Å². The minimum absolute atomic E-state index is 0.0767. The van der Waals surface area contributed by atoms with Gasteiger partial charge in [-0.2, -0.15) is 0 Å². The van der Waals surface area contributed by atoms with Gasteiger partial charge in [-0.1, -0.05) is 24.3 Å². The van der Waals surface area contributed by atoms with Crippen LogP contribution in [0.15, 0.2) is 24.3 Å². The highest BCUT2D eigenvalue weighted by Crippen LogP contribution is 2.21. The fourth-order valence-corrected chi connectivity index (χ4v) is 4.05. The zero-order chi connectivity index (χ0) is 20.3. The fraction of sp³-hybridized carbons (Fsp3) is 0.500. The Morgan fingerprint density at radius 3 is 1.64 bits per heavy atom. The molecule has 0 radical (unpaired) electrons. The van der Waals surface area contributed by atoms with Gasteiger partial charge < -0.3 is 20.0 Å². The van der Waals surface area contributed by atoms with Crippen LogP contribution >= 0.6 is 0 Å². The predicted molar refractivity (Wildman–Crippen MR) is 98.6 cm³/mol. The molecular weight excluding hydrogens is 364 g/mol. The minimum atomic E-state index is -0.983. The molecule has 150 valence electrons. The fourth-order valence-electron chi connectivity index (χ4n) is 4.05. The van der Waals surface area contributed by atoms with E-state index < -0.39 is 24.0 Å². The third kappa shape index (κ3) is 4.32. The van der Waals surface area contributed by atoms with Gasteiger partial charge in [0.15, 0.2) is 0 Å². The lowest BCUT2D eigenvalue weighted by Crippen LogP contribution is -2.41. The Morgan fingerprint density at radius 2 is 1.25 bits per heavy atom. The third-order valence-electron chi connectivity index (χ3n) is 5.42. The SMILES string of the molecule is O=C(O)[C@H]1CCCN1C(=O)Cc1cccc(CC(=O)N2CCC[C@@H]2C(=O)O)c1. The summed E-state index contributed by atoms with van der Waals surface area (Å²) in [5.74, 6) is -2.44. The normalized spacial score (nSPS) is 21.7. The molecule has 0 saturated carbocycles. The molecule has 8 nitrogen and oxygen atoms in total. The summed E-state index contributed by atoms with van der Waals surface area (Å²) >= 11 is 0. The molecule has 28 heavy (non-hydrogen) atoms. The summed E-state index contributed by atoms with van der Waals surface area (Å²) < 4.78 is 0. The minimum Gasteiger partial charge on any atom is -0.480 e. The number of carboxylic acid groups (broad SMARTS) is 2. The summed E-state index contributed by atoms with van der Waals surface area (Å²) in [5, 5.41) is 18.5. The smallest absolute Gasteiger partial charge is 0.326 e. The maximum Gasteiger partial charge on any atom is 0.326 e. The molecule has 3 rings (SSSR count). The van der Waals surface area contributed by atoms with E-state index in [1.165, 1.54) is 9.80 Å². The van der Waals surface area contributed by atoms with Gasteiger partial charge in [0, 0.05) is 13.1 Å². The van der Waals surface area contributed by atoms with Crippen LogP contribution in [0.25, 0.3) is 0 Å². The van der Waals surface area contributed by atoms with Gasteiger partial charge in [0.2, 0.25) is 11.8 Å². The number of benzene rings is 1. The summed E-state index contributed by atoms with van der Waals surface area (Å²) in [4.78, 5) is 50.4. The molecule has 0 aromatic heterocycles. The monoisotopic (exact) mass is 388 g/mol. The summed E-state index contributed by atoms with van der Waals surface area (Å²) in [6.45, 7) is 0.888. The quantitative estimate of drug-likeness (QED) is 0.749. The van der Waals surface area contributed by atoms with E-state index in [2.05, 4.69) is 0 Å². The largest absolute Gasteiger partial charge is 0.480 e. The van der Waals surface area contributed by atoms with Gasteiger partial charge in [0.05, 0.1) is 12.8 Å². The number of aliphatic carboxylic acids is 2. The van der Waals surface area contributed by atoms with Crippen molar-refractivity contribution in [3.05, 3.63) is 35.4 Å². The van der Waals surface area contributed by atoms with Gasteiger partial charge in [0.25, 0.3) is 0 Å². The Labute approximate surface area is 162 Å². The van der Waals surface area contributed by atoms with Gasteiger partial charge in [-0.3, -0.25) is 9.59 Å². The molecule has 0 aliphatic carbocycles. The van der Waals surface area contributed by atoms with Crippen LogP contribution in [0.1, 0.15) is 36.8 Å². The first kappa shape index (κ1) is 19.9. The van der Waals surface area contributed by atoms with Crippen LogP contribution in [0.2, 0.25) is 0 Å². The molecule has 2 amide bonds. The zero-order valence-electron chi connectivity index (χ0n) is 15.5. The van der Waals surface area contributed by atoms with Crippen LogP contribution in [0.5, 0.6) is 0 Å². The van der Waals surface area contributed by atoms with E-state index in [1.54, 1.807) is 24.3 Å². The number of hydrogen-bond donors (Lipinski definition) is 2. The Morgan fingerprint density at radius 1 is 0.821 bits per heavy atom. The average Bonchev–Trinajstić information content (AvgIpc) is 3.31. The highest BCUT2D eigenvalue weighted by atomic mass is 16.4. The number of carbonyl (C=O) groups excluding carboxylic acids is 2. The van der Waals surface area contributed by atoms with E-state index >= 15 is 0 Å². The molecule has 2 fully saturated rings. The van der Waals surface area contributed by atoms with Crippen LogP contribution in [-0.2, 0) is 32.0 Å². The van der Waals surface area contributed by atoms with Crippen molar-refractivity contribution in [1.82, 2.24) is 9.80 Å². The van der Waals surface area contributed by atoms with E-state index in [0.717, 1.165) is 0 Å². The maximum absolute atomic E-state index is 12.5. The van der Waals surface area contributed by atoms with Crippen molar-refractivity contribution in [3.63, 3.8) is 0 Å². The topological polar surface area (TPSA) is 115 Å². The number of carbonyl (C=O) groups is 4. The molecule has 2 aliphatic rings. The first-order chi connectivity index (χ1) is 13.4. The first-order valence-corrected chi connectivity index (χ1v) is 9.49. The summed E-state index contributed by atoms with van der Waals surface area (Å²) in [7, 11) is 0. The zero-order valence-corrected chi connectivity index (χ0v) is 15.5. The van der Waals surface area contributed by atoms with E-state index in [4.69, 9.17) is 0 Å². The van der Waals surface area contributed by atoms with Gasteiger partial charge in [0.1, 0.15) is 12.1 Å². The van der Waals surface area contributed by atoms with Crippen molar-refractivity contribution in [1.29, 1.82) is 0 Å². The van der Waals surface area contributed by atoms with Crippen LogP contribution in [0, 0.1) is 0 Å². The Kier molecular flexibility index (Phi) is 5.96. The second-order valence-corrected chi connectivity index (χ2v) is 7.34. The molecule has 8 heteroatoms. The number of hydrogen-bond acceptors (Lipinski definition) is 4. The standard InChI is InChI=1S/C20H24N2O6/c23-17(21-8-2-6-15(21)19(25)26)11-13-4-1-5-14(10-13)12-18(24)22-9-3-7-16(22)20(27)28/h1,4-5,10,15-16H,2-3,6-9,11-12H2,(H,25,26)(H,27,28)/t15-,16-/m1/s1. The molecule has 2 atom stereocenters. The third-order valence-corrected chi connectivity index (χ3v) is 5.42. The molecular formula is C20H24N2O6. The van der Waals surface area contributed by atoms with Gasteiger partial charge in [-0.15, -0.1) is 0 Å². The van der Waals surface area contributed by atoms with Crippen LogP contribution in [0.4, 0.5) is 0 Å². The van der Waals surface area contributed by atoms with Crippen LogP contribution in [0.3, 0.4) is 0 Å². The molecule has 1 aromatic rings. The van der Waals surface area contributed by atoms with Gasteiger partial charge >= 0.3 is 11.9 Å². The van der Waals surface area contributed by atoms with E-state index in [-0.39, 0.29) is 24.7 Å². The molecule has 2 heterocycles. The molecule has 2 saturated heterocycles. The molecule has 2 aliphatic heterocycles. The molecule has 0 unspecified atom stereocenters. The average molecular weight is 388 g/mol. The number of likely N-dealkylation sites (tertiary alicyclic amines) is 2. The van der Waals surface area contributed by atoms with Crippen LogP contribution < -0.4 is 0 Å². The lowest BCUT2D eigenvalue weighted by molar-refractivity contribution is -0.148. The van der Waals surface area contributed by atoms with E-state index in [1.807, 2.05) is 0 Å².